The molecule has 0 saturated carbocycles. The third-order valence-corrected chi connectivity index (χ3v) is 3.53. The van der Waals surface area contributed by atoms with Gasteiger partial charge >= 0.3 is 6.09 Å². The molecule has 2 rings (SSSR count). The Labute approximate surface area is 108 Å². The lowest BCUT2D eigenvalue weighted by molar-refractivity contribution is 0.118. The predicted molar refractivity (Wildman–Crippen MR) is 66.8 cm³/mol. The van der Waals surface area contributed by atoms with Gasteiger partial charge in [-0.05, 0) is 17.7 Å². The third-order valence-electron chi connectivity index (χ3n) is 3.00. The lowest BCUT2D eigenvalue weighted by Crippen LogP contribution is -2.37. The molecule has 1 saturated heterocycles. The molecular formula is C12H14BrNO3. The van der Waals surface area contributed by atoms with Crippen LogP contribution in [0.2, 0.25) is 0 Å². The van der Waals surface area contributed by atoms with Crippen molar-refractivity contribution >= 4 is 22.0 Å². The van der Waals surface area contributed by atoms with Crippen molar-refractivity contribution in [3.63, 3.8) is 0 Å². The fourth-order valence-electron chi connectivity index (χ4n) is 1.95. The van der Waals surface area contributed by atoms with E-state index in [1.807, 2.05) is 24.3 Å². The van der Waals surface area contributed by atoms with Gasteiger partial charge in [0, 0.05) is 17.9 Å². The van der Waals surface area contributed by atoms with Crippen molar-refractivity contribution in [3.8, 4) is 0 Å². The standard InChI is InChI=1S/C12H14BrNO3/c1-14-10(7-15)11(17-12(14)16)6-8-2-4-9(13)5-3-8/h2-5,10-11,15H,6-7H2,1H3. The molecule has 0 radical (unpaired) electrons. The molecule has 0 aliphatic carbocycles. The molecule has 4 nitrogen and oxygen atoms in total. The van der Waals surface area contributed by atoms with Crippen LogP contribution in [0.25, 0.3) is 0 Å². The summed E-state index contributed by atoms with van der Waals surface area (Å²) in [5.74, 6) is 0. The second-order valence-corrected chi connectivity index (χ2v) is 5.03. The SMILES string of the molecule is CN1C(=O)OC(Cc2ccc(Br)cc2)C1CO. The zero-order chi connectivity index (χ0) is 12.4. The smallest absolute Gasteiger partial charge is 0.410 e. The lowest BCUT2D eigenvalue weighted by atomic mass is 10.0. The number of halogens is 1. The van der Waals surface area contributed by atoms with Crippen LogP contribution < -0.4 is 0 Å². The first-order valence-corrected chi connectivity index (χ1v) is 6.20. The average Bonchev–Trinajstić information content (AvgIpc) is 2.58. The first-order chi connectivity index (χ1) is 8.11. The molecule has 5 heteroatoms. The molecule has 1 N–H and O–H groups in total. The molecule has 1 aromatic carbocycles. The van der Waals surface area contributed by atoms with E-state index in [1.54, 1.807) is 7.05 Å². The summed E-state index contributed by atoms with van der Waals surface area (Å²) < 4.78 is 6.24. The van der Waals surface area contributed by atoms with Gasteiger partial charge in [-0.1, -0.05) is 28.1 Å². The van der Waals surface area contributed by atoms with E-state index < -0.39 is 0 Å². The molecule has 2 unspecified atom stereocenters. The highest BCUT2D eigenvalue weighted by Gasteiger charge is 2.38. The van der Waals surface area contributed by atoms with E-state index in [0.717, 1.165) is 10.0 Å². The quantitative estimate of drug-likeness (QED) is 0.926. The molecule has 1 fully saturated rings. The zero-order valence-corrected chi connectivity index (χ0v) is 11.1. The van der Waals surface area contributed by atoms with Crippen LogP contribution in [0.5, 0.6) is 0 Å². The summed E-state index contributed by atoms with van der Waals surface area (Å²) in [7, 11) is 1.64. The number of rotatable bonds is 3. The van der Waals surface area contributed by atoms with Crippen LogP contribution >= 0.6 is 15.9 Å². The molecule has 1 aliphatic heterocycles. The van der Waals surface area contributed by atoms with E-state index in [4.69, 9.17) is 4.74 Å². The van der Waals surface area contributed by atoms with Gasteiger partial charge in [0.05, 0.1) is 12.6 Å². The van der Waals surface area contributed by atoms with E-state index in [-0.39, 0.29) is 24.8 Å². The Morgan fingerprint density at radius 2 is 2.06 bits per heavy atom. The van der Waals surface area contributed by atoms with E-state index >= 15 is 0 Å². The van der Waals surface area contributed by atoms with Crippen molar-refractivity contribution < 1.29 is 14.6 Å². The lowest BCUT2D eigenvalue weighted by Gasteiger charge is -2.18. The topological polar surface area (TPSA) is 49.8 Å². The summed E-state index contributed by atoms with van der Waals surface area (Å²) in [6.45, 7) is -0.0799. The van der Waals surface area contributed by atoms with Crippen LogP contribution in [0.15, 0.2) is 28.7 Å². The van der Waals surface area contributed by atoms with Crippen LogP contribution in [0, 0.1) is 0 Å². The fraction of sp³-hybridized carbons (Fsp3) is 0.417. The number of likely N-dealkylation sites (N-methyl/N-ethyl adjacent to an activating group) is 1. The molecule has 1 aromatic rings. The number of amides is 1. The number of cyclic esters (lactones) is 1. The van der Waals surface area contributed by atoms with Crippen LogP contribution in [-0.4, -0.2) is 41.9 Å². The average molecular weight is 300 g/mol. The summed E-state index contributed by atoms with van der Waals surface area (Å²) in [5, 5.41) is 9.27. The predicted octanol–water partition coefficient (Wildman–Crippen LogP) is 1.80. The van der Waals surface area contributed by atoms with Crippen LogP contribution in [0.1, 0.15) is 5.56 Å². The number of benzene rings is 1. The maximum atomic E-state index is 11.4. The van der Waals surface area contributed by atoms with Crippen molar-refractivity contribution in [2.45, 2.75) is 18.6 Å². The van der Waals surface area contributed by atoms with Crippen molar-refractivity contribution in [1.29, 1.82) is 0 Å². The Kier molecular flexibility index (Phi) is 3.69. The number of carbonyl (C=O) groups excluding carboxylic acids is 1. The summed E-state index contributed by atoms with van der Waals surface area (Å²) >= 11 is 3.37. The molecule has 0 aromatic heterocycles. The fourth-order valence-corrected chi connectivity index (χ4v) is 2.21. The van der Waals surface area contributed by atoms with E-state index in [9.17, 15) is 9.90 Å². The number of carbonyl (C=O) groups is 1. The molecule has 0 spiro atoms. The van der Waals surface area contributed by atoms with Gasteiger partial charge < -0.3 is 14.7 Å². The van der Waals surface area contributed by atoms with Gasteiger partial charge in [0.15, 0.2) is 0 Å². The maximum absolute atomic E-state index is 11.4. The van der Waals surface area contributed by atoms with Gasteiger partial charge in [-0.15, -0.1) is 0 Å². The van der Waals surface area contributed by atoms with E-state index in [0.29, 0.717) is 6.42 Å². The Hall–Kier alpha value is -1.07. The summed E-state index contributed by atoms with van der Waals surface area (Å²) in [5.41, 5.74) is 1.08. The van der Waals surface area contributed by atoms with Gasteiger partial charge in [0.2, 0.25) is 0 Å². The molecule has 1 aliphatic rings. The minimum atomic E-state index is -0.369. The second kappa shape index (κ2) is 5.06. The number of aliphatic hydroxyl groups is 1. The molecule has 17 heavy (non-hydrogen) atoms. The molecule has 2 atom stereocenters. The number of ether oxygens (including phenoxy) is 1. The van der Waals surface area contributed by atoms with Gasteiger partial charge in [-0.3, -0.25) is 0 Å². The van der Waals surface area contributed by atoms with Gasteiger partial charge in [-0.2, -0.15) is 0 Å². The zero-order valence-electron chi connectivity index (χ0n) is 9.47. The van der Waals surface area contributed by atoms with Crippen LogP contribution in [0.3, 0.4) is 0 Å². The van der Waals surface area contributed by atoms with E-state index in [1.165, 1.54) is 4.90 Å². The third kappa shape index (κ3) is 2.61. The highest BCUT2D eigenvalue weighted by atomic mass is 79.9. The van der Waals surface area contributed by atoms with Gasteiger partial charge in [0.1, 0.15) is 6.10 Å². The number of hydrogen-bond acceptors (Lipinski definition) is 3. The van der Waals surface area contributed by atoms with E-state index in [2.05, 4.69) is 15.9 Å². The molecule has 1 heterocycles. The number of hydrogen-bond donors (Lipinski definition) is 1. The highest BCUT2D eigenvalue weighted by Crippen LogP contribution is 2.21. The van der Waals surface area contributed by atoms with Crippen molar-refractivity contribution in [1.82, 2.24) is 4.90 Å². The highest BCUT2D eigenvalue weighted by molar-refractivity contribution is 9.10. The van der Waals surface area contributed by atoms with Crippen molar-refractivity contribution in [3.05, 3.63) is 34.3 Å². The number of aliphatic hydroxyl groups excluding tert-OH is 1. The Morgan fingerprint density at radius 1 is 1.41 bits per heavy atom. The maximum Gasteiger partial charge on any atom is 0.410 e. The van der Waals surface area contributed by atoms with Gasteiger partial charge in [0.25, 0.3) is 0 Å². The molecular weight excluding hydrogens is 286 g/mol. The minimum absolute atomic E-state index is 0.0799. The molecule has 0 bridgehead atoms. The molecule has 92 valence electrons. The summed E-state index contributed by atoms with van der Waals surface area (Å²) in [6, 6.07) is 7.59. The first-order valence-electron chi connectivity index (χ1n) is 5.40. The van der Waals surface area contributed by atoms with Gasteiger partial charge in [-0.25, -0.2) is 4.79 Å². The minimum Gasteiger partial charge on any atom is -0.443 e. The normalized spacial score (nSPS) is 23.9. The number of nitrogens with zero attached hydrogens (tertiary/aromatic N) is 1. The second-order valence-electron chi connectivity index (χ2n) is 4.11. The largest absolute Gasteiger partial charge is 0.443 e. The Balaban J connectivity index is 2.08. The van der Waals surface area contributed by atoms with Crippen LogP contribution in [-0.2, 0) is 11.2 Å². The monoisotopic (exact) mass is 299 g/mol. The van der Waals surface area contributed by atoms with Crippen molar-refractivity contribution in [2.75, 3.05) is 13.7 Å². The summed E-state index contributed by atoms with van der Waals surface area (Å²) in [6.07, 6.45) is -0.0287. The first kappa shape index (κ1) is 12.4. The Bertz CT molecular complexity index is 407. The van der Waals surface area contributed by atoms with Crippen LogP contribution in [0.4, 0.5) is 4.79 Å². The van der Waals surface area contributed by atoms with Crippen molar-refractivity contribution in [2.24, 2.45) is 0 Å². The molecule has 1 amide bonds. The summed E-state index contributed by atoms with van der Waals surface area (Å²) in [4.78, 5) is 12.8. The Morgan fingerprint density at radius 3 is 2.65 bits per heavy atom.